The second-order valence-electron chi connectivity index (χ2n) is 5.06. The van der Waals surface area contributed by atoms with Crippen molar-refractivity contribution >= 4 is 6.01 Å². The molecule has 2 aromatic rings. The van der Waals surface area contributed by atoms with E-state index >= 15 is 0 Å². The van der Waals surface area contributed by atoms with Crippen LogP contribution < -0.4 is 19.7 Å². The number of hydrogen-bond acceptors (Lipinski definition) is 7. The first-order valence-electron chi connectivity index (χ1n) is 7.33. The van der Waals surface area contributed by atoms with E-state index in [1.54, 1.807) is 14.2 Å². The lowest BCUT2D eigenvalue weighted by Gasteiger charge is -2.15. The lowest BCUT2D eigenvalue weighted by molar-refractivity contribution is 0.355. The summed E-state index contributed by atoms with van der Waals surface area (Å²) in [5.74, 6) is 1.87. The van der Waals surface area contributed by atoms with Crippen LogP contribution in [0.2, 0.25) is 0 Å². The van der Waals surface area contributed by atoms with Crippen LogP contribution in [0.1, 0.15) is 6.42 Å². The molecule has 1 fully saturated rings. The van der Waals surface area contributed by atoms with Crippen molar-refractivity contribution in [2.24, 2.45) is 0 Å². The highest BCUT2D eigenvalue weighted by atomic mass is 16.5. The number of ether oxygens (including phenoxy) is 2. The molecule has 1 aliphatic heterocycles. The van der Waals surface area contributed by atoms with Gasteiger partial charge >= 0.3 is 6.01 Å². The van der Waals surface area contributed by atoms with E-state index in [4.69, 9.17) is 14.0 Å². The minimum absolute atomic E-state index is 0.549. The number of nitrogens with zero attached hydrogens (tertiary/aromatic N) is 3. The van der Waals surface area contributed by atoms with E-state index in [1.807, 2.05) is 18.2 Å². The predicted octanol–water partition coefficient (Wildman–Crippen LogP) is 1.55. The topological polar surface area (TPSA) is 72.7 Å². The molecule has 1 N–H and O–H groups in total. The normalized spacial score (nSPS) is 15.5. The third-order valence-corrected chi connectivity index (χ3v) is 3.67. The molecule has 3 rings (SSSR count). The smallest absolute Gasteiger partial charge is 0.324 e. The Kier molecular flexibility index (Phi) is 4.43. The Bertz CT molecular complexity index is 621. The highest BCUT2D eigenvalue weighted by Crippen LogP contribution is 2.31. The molecule has 0 spiro atoms. The molecular weight excluding hydrogens is 284 g/mol. The molecule has 0 bridgehead atoms. The molecule has 0 radical (unpaired) electrons. The van der Waals surface area contributed by atoms with E-state index in [0.717, 1.165) is 38.2 Å². The Morgan fingerprint density at radius 2 is 2.00 bits per heavy atom. The van der Waals surface area contributed by atoms with Crippen LogP contribution in [0.4, 0.5) is 6.01 Å². The third-order valence-electron chi connectivity index (χ3n) is 3.67. The van der Waals surface area contributed by atoms with Gasteiger partial charge in [0.15, 0.2) is 11.5 Å². The van der Waals surface area contributed by atoms with Gasteiger partial charge in [-0.15, -0.1) is 0 Å². The SMILES string of the molecule is COc1ccc(-c2noc(N3CCCNCC3)n2)cc1OC. The van der Waals surface area contributed by atoms with Gasteiger partial charge in [0.25, 0.3) is 0 Å². The van der Waals surface area contributed by atoms with Gasteiger partial charge in [-0.3, -0.25) is 0 Å². The maximum absolute atomic E-state index is 5.41. The summed E-state index contributed by atoms with van der Waals surface area (Å²) in [7, 11) is 3.21. The molecule has 22 heavy (non-hydrogen) atoms. The second-order valence-corrected chi connectivity index (χ2v) is 5.06. The Labute approximate surface area is 129 Å². The molecule has 1 aliphatic rings. The summed E-state index contributed by atoms with van der Waals surface area (Å²) in [5, 5.41) is 7.43. The number of benzene rings is 1. The fourth-order valence-corrected chi connectivity index (χ4v) is 2.47. The number of rotatable bonds is 4. The minimum Gasteiger partial charge on any atom is -0.493 e. The van der Waals surface area contributed by atoms with Crippen LogP contribution in [0, 0.1) is 0 Å². The maximum Gasteiger partial charge on any atom is 0.324 e. The van der Waals surface area contributed by atoms with Crippen molar-refractivity contribution in [1.29, 1.82) is 0 Å². The molecule has 0 unspecified atom stereocenters. The van der Waals surface area contributed by atoms with Crippen molar-refractivity contribution in [3.8, 4) is 22.9 Å². The first-order valence-corrected chi connectivity index (χ1v) is 7.33. The Morgan fingerprint density at radius 3 is 2.82 bits per heavy atom. The van der Waals surface area contributed by atoms with Crippen LogP contribution in [-0.4, -0.2) is 50.5 Å². The van der Waals surface area contributed by atoms with Gasteiger partial charge in [0.2, 0.25) is 5.82 Å². The second kappa shape index (κ2) is 6.65. The van der Waals surface area contributed by atoms with Gasteiger partial charge < -0.3 is 24.2 Å². The summed E-state index contributed by atoms with van der Waals surface area (Å²) in [6.45, 7) is 3.73. The van der Waals surface area contributed by atoms with E-state index in [2.05, 4.69) is 20.4 Å². The lowest BCUT2D eigenvalue weighted by atomic mass is 10.2. The van der Waals surface area contributed by atoms with E-state index < -0.39 is 0 Å². The van der Waals surface area contributed by atoms with Crippen LogP contribution in [-0.2, 0) is 0 Å². The summed E-state index contributed by atoms with van der Waals surface area (Å²) in [4.78, 5) is 6.61. The van der Waals surface area contributed by atoms with Crippen LogP contribution in [0.5, 0.6) is 11.5 Å². The Hall–Kier alpha value is -2.28. The van der Waals surface area contributed by atoms with Gasteiger partial charge in [-0.2, -0.15) is 4.98 Å². The predicted molar refractivity (Wildman–Crippen MR) is 82.5 cm³/mol. The molecular formula is C15H20N4O3. The van der Waals surface area contributed by atoms with E-state index in [9.17, 15) is 0 Å². The van der Waals surface area contributed by atoms with Crippen molar-refractivity contribution in [3.63, 3.8) is 0 Å². The van der Waals surface area contributed by atoms with Crippen LogP contribution >= 0.6 is 0 Å². The average molecular weight is 304 g/mol. The van der Waals surface area contributed by atoms with Gasteiger partial charge in [-0.25, -0.2) is 0 Å². The highest BCUT2D eigenvalue weighted by Gasteiger charge is 2.17. The maximum atomic E-state index is 5.41. The van der Waals surface area contributed by atoms with Crippen LogP contribution in [0.3, 0.4) is 0 Å². The summed E-state index contributed by atoms with van der Waals surface area (Å²) in [5.41, 5.74) is 0.834. The van der Waals surface area contributed by atoms with Crippen molar-refractivity contribution < 1.29 is 14.0 Å². The number of nitrogens with one attached hydrogen (secondary N) is 1. The molecule has 0 saturated carbocycles. The summed E-state index contributed by atoms with van der Waals surface area (Å²) < 4.78 is 16.0. The standard InChI is InChI=1S/C15H20N4O3/c1-20-12-5-4-11(10-13(12)21-2)14-17-15(22-18-14)19-8-3-6-16-7-9-19/h4-5,10,16H,3,6-9H2,1-2H3. The molecule has 0 amide bonds. The zero-order chi connectivity index (χ0) is 15.4. The van der Waals surface area contributed by atoms with E-state index in [-0.39, 0.29) is 0 Å². The third kappa shape index (κ3) is 2.99. The Morgan fingerprint density at radius 1 is 1.14 bits per heavy atom. The van der Waals surface area contributed by atoms with Gasteiger partial charge in [0.05, 0.1) is 14.2 Å². The first kappa shape index (κ1) is 14.6. The number of methoxy groups -OCH3 is 2. The highest BCUT2D eigenvalue weighted by molar-refractivity contribution is 5.61. The molecule has 1 aromatic heterocycles. The summed E-state index contributed by atoms with van der Waals surface area (Å²) in [6.07, 6.45) is 1.06. The number of hydrogen-bond donors (Lipinski definition) is 1. The van der Waals surface area contributed by atoms with Crippen molar-refractivity contribution in [3.05, 3.63) is 18.2 Å². The molecule has 118 valence electrons. The van der Waals surface area contributed by atoms with Crippen LogP contribution in [0.25, 0.3) is 11.4 Å². The molecule has 1 saturated heterocycles. The molecule has 0 aliphatic carbocycles. The van der Waals surface area contributed by atoms with E-state index in [0.29, 0.717) is 23.3 Å². The largest absolute Gasteiger partial charge is 0.493 e. The zero-order valence-corrected chi connectivity index (χ0v) is 12.8. The fourth-order valence-electron chi connectivity index (χ4n) is 2.47. The molecule has 7 heteroatoms. The molecule has 0 atom stereocenters. The minimum atomic E-state index is 0.549. The van der Waals surface area contributed by atoms with Crippen LogP contribution in [0.15, 0.2) is 22.7 Å². The van der Waals surface area contributed by atoms with Crippen molar-refractivity contribution in [2.45, 2.75) is 6.42 Å². The summed E-state index contributed by atoms with van der Waals surface area (Å²) in [6, 6.07) is 6.13. The molecule has 7 nitrogen and oxygen atoms in total. The van der Waals surface area contributed by atoms with Crippen molar-refractivity contribution in [1.82, 2.24) is 15.5 Å². The van der Waals surface area contributed by atoms with E-state index in [1.165, 1.54) is 0 Å². The van der Waals surface area contributed by atoms with Crippen molar-refractivity contribution in [2.75, 3.05) is 45.3 Å². The summed E-state index contributed by atoms with van der Waals surface area (Å²) >= 11 is 0. The zero-order valence-electron chi connectivity index (χ0n) is 12.8. The monoisotopic (exact) mass is 304 g/mol. The number of anilines is 1. The number of aromatic nitrogens is 2. The first-order chi connectivity index (χ1) is 10.8. The lowest BCUT2D eigenvalue weighted by Crippen LogP contribution is -2.28. The molecule has 2 heterocycles. The van der Waals surface area contributed by atoms with Gasteiger partial charge in [-0.05, 0) is 31.2 Å². The quantitative estimate of drug-likeness (QED) is 0.918. The van der Waals surface area contributed by atoms with Gasteiger partial charge in [0, 0.05) is 25.2 Å². The fraction of sp³-hybridized carbons (Fsp3) is 0.467. The van der Waals surface area contributed by atoms with Gasteiger partial charge in [-0.1, -0.05) is 5.16 Å². The average Bonchev–Trinajstić information content (AvgIpc) is 2.90. The molecule has 1 aromatic carbocycles. The Balaban J connectivity index is 1.83. The van der Waals surface area contributed by atoms with Gasteiger partial charge in [0.1, 0.15) is 0 Å².